The van der Waals surface area contributed by atoms with E-state index in [1.165, 1.54) is 0 Å². The first kappa shape index (κ1) is 14.7. The molecular weight excluding hydrogens is 249 g/mol. The van der Waals surface area contributed by atoms with Gasteiger partial charge in [0.05, 0.1) is 12.8 Å². The molecule has 1 aromatic heterocycles. The fourth-order valence-electron chi connectivity index (χ4n) is 1.17. The number of ether oxygens (including phenoxy) is 1. The molecule has 0 fully saturated rings. The summed E-state index contributed by atoms with van der Waals surface area (Å²) in [5, 5.41) is 9.09. The minimum Gasteiger partial charge on any atom is -0.478 e. The summed E-state index contributed by atoms with van der Waals surface area (Å²) in [5.41, 5.74) is 0.0600. The first-order chi connectivity index (χ1) is 8.25. The Morgan fingerprint density at radius 1 is 1.33 bits per heavy atom. The third-order valence-electron chi connectivity index (χ3n) is 2.28. The van der Waals surface area contributed by atoms with Crippen LogP contribution in [0.5, 0.6) is 5.75 Å². The van der Waals surface area contributed by atoms with Crippen molar-refractivity contribution in [3.8, 4) is 5.75 Å². The van der Waals surface area contributed by atoms with Gasteiger partial charge in [-0.05, 0) is 6.92 Å². The zero-order valence-electron chi connectivity index (χ0n) is 10.3. The van der Waals surface area contributed by atoms with Crippen molar-refractivity contribution in [2.24, 2.45) is 0 Å². The second-order valence-corrected chi connectivity index (χ2v) is 4.15. The molecule has 7 heteroatoms. The molecule has 1 aromatic rings. The second kappa shape index (κ2) is 5.51. The van der Waals surface area contributed by atoms with E-state index < -0.39 is 18.9 Å². The van der Waals surface area contributed by atoms with E-state index >= 15 is 0 Å². The minimum absolute atomic E-state index is 0.0180. The Hall–Kier alpha value is -1.37. The van der Waals surface area contributed by atoms with Gasteiger partial charge in [-0.15, -0.1) is 0 Å². The highest BCUT2D eigenvalue weighted by Gasteiger charge is 2.38. The third kappa shape index (κ3) is 3.56. The number of aromatic nitrogens is 2. The van der Waals surface area contributed by atoms with Gasteiger partial charge in [-0.25, -0.2) is 9.97 Å². The predicted molar refractivity (Wildman–Crippen MR) is 58.2 cm³/mol. The summed E-state index contributed by atoms with van der Waals surface area (Å²) in [4.78, 5) is 7.88. The summed E-state index contributed by atoms with van der Waals surface area (Å²) in [6.45, 7) is 4.07. The average Bonchev–Trinajstić information content (AvgIpc) is 2.27. The molecule has 0 aromatic carbocycles. The van der Waals surface area contributed by atoms with Crippen molar-refractivity contribution in [1.82, 2.24) is 9.97 Å². The van der Waals surface area contributed by atoms with Gasteiger partial charge in [0.2, 0.25) is 0 Å². The maximum atomic E-state index is 12.3. The van der Waals surface area contributed by atoms with Crippen LogP contribution in [0.4, 0.5) is 13.2 Å². The molecule has 102 valence electrons. The van der Waals surface area contributed by atoms with Crippen LogP contribution in [0.3, 0.4) is 0 Å². The van der Waals surface area contributed by atoms with Crippen LogP contribution < -0.4 is 4.74 Å². The van der Waals surface area contributed by atoms with E-state index in [0.29, 0.717) is 5.82 Å². The highest BCUT2D eigenvalue weighted by Crippen LogP contribution is 2.26. The lowest BCUT2D eigenvalue weighted by atomic mass is 10.2. The van der Waals surface area contributed by atoms with Crippen LogP contribution in [0.15, 0.2) is 6.20 Å². The van der Waals surface area contributed by atoms with E-state index in [1.807, 2.05) is 13.8 Å². The van der Waals surface area contributed by atoms with Crippen molar-refractivity contribution in [1.29, 1.82) is 0 Å². The van der Waals surface area contributed by atoms with Crippen molar-refractivity contribution >= 4 is 0 Å². The molecule has 1 N–H and O–H groups in total. The molecule has 0 amide bonds. The standard InChI is InChI=1S/C11H15F3N2O2/c1-6(2)10-15-4-9(8(5-17)16-10)18-7(3)11(12,13)14/h4,6-7,17H,5H2,1-3H3. The Morgan fingerprint density at radius 2 is 1.94 bits per heavy atom. The Balaban J connectivity index is 2.96. The van der Waals surface area contributed by atoms with Gasteiger partial charge in [-0.2, -0.15) is 13.2 Å². The van der Waals surface area contributed by atoms with Crippen molar-refractivity contribution in [3.63, 3.8) is 0 Å². The second-order valence-electron chi connectivity index (χ2n) is 4.15. The summed E-state index contributed by atoms with van der Waals surface area (Å²) in [5.74, 6) is 0.321. The minimum atomic E-state index is -4.47. The Labute approximate surface area is 103 Å². The van der Waals surface area contributed by atoms with Gasteiger partial charge >= 0.3 is 6.18 Å². The molecule has 1 heterocycles. The fraction of sp³-hybridized carbons (Fsp3) is 0.636. The number of hydrogen-bond acceptors (Lipinski definition) is 4. The van der Waals surface area contributed by atoms with Crippen LogP contribution in [0, 0.1) is 0 Å². The molecule has 4 nitrogen and oxygen atoms in total. The van der Waals surface area contributed by atoms with Gasteiger partial charge in [0.1, 0.15) is 11.5 Å². The molecule has 0 aliphatic heterocycles. The number of aliphatic hydroxyl groups excluding tert-OH is 1. The van der Waals surface area contributed by atoms with Crippen LogP contribution in [-0.4, -0.2) is 27.4 Å². The van der Waals surface area contributed by atoms with Crippen LogP contribution in [0.25, 0.3) is 0 Å². The Morgan fingerprint density at radius 3 is 2.39 bits per heavy atom. The topological polar surface area (TPSA) is 55.2 Å². The summed E-state index contributed by atoms with van der Waals surface area (Å²) in [6, 6.07) is 0. The van der Waals surface area contributed by atoms with Crippen molar-refractivity contribution in [2.45, 2.75) is 45.6 Å². The monoisotopic (exact) mass is 264 g/mol. The number of nitrogens with zero attached hydrogens (tertiary/aromatic N) is 2. The van der Waals surface area contributed by atoms with E-state index in [9.17, 15) is 13.2 Å². The van der Waals surface area contributed by atoms with Gasteiger partial charge in [0.15, 0.2) is 11.9 Å². The first-order valence-corrected chi connectivity index (χ1v) is 5.45. The van der Waals surface area contributed by atoms with E-state index in [4.69, 9.17) is 9.84 Å². The molecule has 1 atom stereocenters. The maximum Gasteiger partial charge on any atom is 0.425 e. The quantitative estimate of drug-likeness (QED) is 0.907. The normalized spacial score (nSPS) is 13.8. The molecule has 1 rings (SSSR count). The summed E-state index contributed by atoms with van der Waals surface area (Å²) >= 11 is 0. The smallest absolute Gasteiger partial charge is 0.425 e. The van der Waals surface area contributed by atoms with Gasteiger partial charge in [0, 0.05) is 5.92 Å². The zero-order chi connectivity index (χ0) is 13.9. The Kier molecular flexibility index (Phi) is 4.50. The van der Waals surface area contributed by atoms with Crippen LogP contribution in [-0.2, 0) is 6.61 Å². The van der Waals surface area contributed by atoms with E-state index in [2.05, 4.69) is 9.97 Å². The van der Waals surface area contributed by atoms with Crippen molar-refractivity contribution in [3.05, 3.63) is 17.7 Å². The van der Waals surface area contributed by atoms with E-state index in [0.717, 1.165) is 13.1 Å². The predicted octanol–water partition coefficient (Wildman–Crippen LogP) is 2.42. The lowest BCUT2D eigenvalue weighted by Gasteiger charge is -2.19. The summed E-state index contributed by atoms with van der Waals surface area (Å²) in [7, 11) is 0. The summed E-state index contributed by atoms with van der Waals surface area (Å²) in [6.07, 6.45) is -5.28. The van der Waals surface area contributed by atoms with E-state index in [1.54, 1.807) is 0 Å². The first-order valence-electron chi connectivity index (χ1n) is 5.45. The lowest BCUT2D eigenvalue weighted by Crippen LogP contribution is -2.31. The maximum absolute atomic E-state index is 12.3. The average molecular weight is 264 g/mol. The van der Waals surface area contributed by atoms with Gasteiger partial charge in [-0.1, -0.05) is 13.8 Å². The number of alkyl halides is 3. The molecule has 0 saturated carbocycles. The number of aliphatic hydroxyl groups is 1. The molecule has 0 spiro atoms. The molecule has 0 bridgehead atoms. The largest absolute Gasteiger partial charge is 0.478 e. The molecule has 0 saturated heterocycles. The van der Waals surface area contributed by atoms with Crippen molar-refractivity contribution < 1.29 is 23.0 Å². The lowest BCUT2D eigenvalue weighted by molar-refractivity contribution is -0.189. The van der Waals surface area contributed by atoms with Crippen LogP contribution >= 0.6 is 0 Å². The third-order valence-corrected chi connectivity index (χ3v) is 2.28. The molecule has 18 heavy (non-hydrogen) atoms. The summed E-state index contributed by atoms with van der Waals surface area (Å²) < 4.78 is 41.8. The SMILES string of the molecule is CC(C)c1ncc(OC(C)C(F)(F)F)c(CO)n1. The van der Waals surface area contributed by atoms with E-state index in [-0.39, 0.29) is 17.4 Å². The van der Waals surface area contributed by atoms with Crippen LogP contribution in [0.1, 0.15) is 38.2 Å². The molecule has 1 unspecified atom stereocenters. The highest BCUT2D eigenvalue weighted by molar-refractivity contribution is 5.25. The number of hydrogen-bond donors (Lipinski definition) is 1. The zero-order valence-corrected chi connectivity index (χ0v) is 10.3. The number of rotatable bonds is 4. The molecular formula is C11H15F3N2O2. The van der Waals surface area contributed by atoms with Gasteiger partial charge in [-0.3, -0.25) is 0 Å². The molecule has 0 radical (unpaired) electrons. The highest BCUT2D eigenvalue weighted by atomic mass is 19.4. The van der Waals surface area contributed by atoms with Crippen LogP contribution in [0.2, 0.25) is 0 Å². The number of halogens is 3. The van der Waals surface area contributed by atoms with Crippen molar-refractivity contribution in [2.75, 3.05) is 0 Å². The fourth-order valence-corrected chi connectivity index (χ4v) is 1.17. The molecule has 0 aliphatic carbocycles. The molecule has 0 aliphatic rings. The Bertz CT molecular complexity index is 408. The van der Waals surface area contributed by atoms with Gasteiger partial charge < -0.3 is 9.84 Å². The van der Waals surface area contributed by atoms with Gasteiger partial charge in [0.25, 0.3) is 0 Å².